The number of carbonyl (C=O) groups excluding carboxylic acids is 2. The van der Waals surface area contributed by atoms with Crippen LogP contribution in [0.3, 0.4) is 0 Å². The first kappa shape index (κ1) is 27.2. The van der Waals surface area contributed by atoms with E-state index < -0.39 is 6.04 Å². The number of carbonyl (C=O) groups is 2. The van der Waals surface area contributed by atoms with Gasteiger partial charge in [0.1, 0.15) is 6.04 Å². The molecule has 0 aromatic heterocycles. The third-order valence-corrected chi connectivity index (χ3v) is 6.59. The van der Waals surface area contributed by atoms with Crippen molar-refractivity contribution >= 4 is 11.8 Å². The number of nitrogens with one attached hydrogen (secondary N) is 1. The van der Waals surface area contributed by atoms with E-state index in [0.717, 1.165) is 41.5 Å². The summed E-state index contributed by atoms with van der Waals surface area (Å²) < 4.78 is 0. The Kier molecular flexibility index (Phi) is 10.7. The van der Waals surface area contributed by atoms with E-state index in [2.05, 4.69) is 62.5 Å². The molecule has 3 aromatic rings. The summed E-state index contributed by atoms with van der Waals surface area (Å²) in [6, 6.07) is 26.1. The molecule has 1 unspecified atom stereocenters. The SMILES string of the molecule is CCCCNC(=O)C(Cc1ccccc1)N(Cc1cccc(C)c1)C(=O)CCc1ccc(CC)cc1. The fourth-order valence-corrected chi connectivity index (χ4v) is 4.40. The molecule has 0 spiro atoms. The molecule has 4 heteroatoms. The van der Waals surface area contributed by atoms with Crippen molar-refractivity contribution in [2.45, 2.75) is 71.9 Å². The molecule has 1 atom stereocenters. The van der Waals surface area contributed by atoms with Crippen molar-refractivity contribution in [2.75, 3.05) is 6.54 Å². The summed E-state index contributed by atoms with van der Waals surface area (Å²) >= 11 is 0. The summed E-state index contributed by atoms with van der Waals surface area (Å²) in [5.74, 6) is -0.0803. The Labute approximate surface area is 216 Å². The monoisotopic (exact) mass is 484 g/mol. The first-order valence-electron chi connectivity index (χ1n) is 13.2. The van der Waals surface area contributed by atoms with E-state index in [1.165, 1.54) is 5.56 Å². The van der Waals surface area contributed by atoms with Crippen LogP contribution < -0.4 is 5.32 Å². The van der Waals surface area contributed by atoms with Gasteiger partial charge in [-0.05, 0) is 48.4 Å². The van der Waals surface area contributed by atoms with Crippen LogP contribution in [-0.2, 0) is 35.4 Å². The average Bonchev–Trinajstić information content (AvgIpc) is 2.90. The van der Waals surface area contributed by atoms with Crippen LogP contribution >= 0.6 is 0 Å². The van der Waals surface area contributed by atoms with Gasteiger partial charge in [-0.25, -0.2) is 0 Å². The van der Waals surface area contributed by atoms with Crippen molar-refractivity contribution < 1.29 is 9.59 Å². The Morgan fingerprint density at radius 2 is 1.53 bits per heavy atom. The van der Waals surface area contributed by atoms with Gasteiger partial charge in [0, 0.05) is 25.9 Å². The van der Waals surface area contributed by atoms with Crippen molar-refractivity contribution in [3.8, 4) is 0 Å². The molecule has 0 radical (unpaired) electrons. The van der Waals surface area contributed by atoms with Gasteiger partial charge in [0.05, 0.1) is 0 Å². The van der Waals surface area contributed by atoms with Crippen molar-refractivity contribution in [2.24, 2.45) is 0 Å². The maximum atomic E-state index is 13.7. The van der Waals surface area contributed by atoms with Gasteiger partial charge in [-0.2, -0.15) is 0 Å². The smallest absolute Gasteiger partial charge is 0.243 e. The summed E-state index contributed by atoms with van der Waals surface area (Å²) in [6.07, 6.45) is 4.43. The number of nitrogens with zero attached hydrogens (tertiary/aromatic N) is 1. The summed E-state index contributed by atoms with van der Waals surface area (Å²) in [6.45, 7) is 7.33. The summed E-state index contributed by atoms with van der Waals surface area (Å²) in [5.41, 5.74) is 5.66. The molecule has 0 saturated carbocycles. The topological polar surface area (TPSA) is 49.4 Å². The zero-order valence-corrected chi connectivity index (χ0v) is 22.0. The van der Waals surface area contributed by atoms with Crippen LogP contribution in [0.15, 0.2) is 78.9 Å². The zero-order chi connectivity index (χ0) is 25.8. The molecule has 2 amide bonds. The predicted molar refractivity (Wildman–Crippen MR) is 148 cm³/mol. The number of unbranched alkanes of at least 4 members (excludes halogenated alkanes) is 1. The molecule has 0 aliphatic carbocycles. The van der Waals surface area contributed by atoms with Gasteiger partial charge in [-0.3, -0.25) is 9.59 Å². The molecule has 36 heavy (non-hydrogen) atoms. The second-order valence-electron chi connectivity index (χ2n) is 9.53. The highest BCUT2D eigenvalue weighted by Gasteiger charge is 2.30. The highest BCUT2D eigenvalue weighted by atomic mass is 16.2. The minimum absolute atomic E-state index is 0.00245. The van der Waals surface area contributed by atoms with Gasteiger partial charge in [-0.1, -0.05) is 105 Å². The molecule has 0 fully saturated rings. The van der Waals surface area contributed by atoms with Crippen molar-refractivity contribution in [1.82, 2.24) is 10.2 Å². The number of hydrogen-bond acceptors (Lipinski definition) is 2. The molecule has 0 aliphatic rings. The first-order valence-corrected chi connectivity index (χ1v) is 13.2. The average molecular weight is 485 g/mol. The third kappa shape index (κ3) is 8.37. The Balaban J connectivity index is 1.86. The minimum atomic E-state index is -0.570. The molecule has 0 aliphatic heterocycles. The number of rotatable bonds is 13. The lowest BCUT2D eigenvalue weighted by molar-refractivity contribution is -0.141. The van der Waals surface area contributed by atoms with Gasteiger partial charge in [0.15, 0.2) is 0 Å². The van der Waals surface area contributed by atoms with Crippen LogP contribution in [0.5, 0.6) is 0 Å². The van der Waals surface area contributed by atoms with Gasteiger partial charge < -0.3 is 10.2 Å². The van der Waals surface area contributed by atoms with Crippen LogP contribution in [0, 0.1) is 6.92 Å². The standard InChI is InChI=1S/C32H40N2O2/c1-4-6-21-33-32(36)30(23-28-12-8-7-9-13-28)34(24-29-14-10-11-25(3)22-29)31(35)20-19-27-17-15-26(5-2)16-18-27/h7-18,22,30H,4-6,19-21,23-24H2,1-3H3,(H,33,36). The van der Waals surface area contributed by atoms with Crippen molar-refractivity contribution in [3.05, 3.63) is 107 Å². The summed E-state index contributed by atoms with van der Waals surface area (Å²) in [4.78, 5) is 29.0. The van der Waals surface area contributed by atoms with Gasteiger partial charge >= 0.3 is 0 Å². The summed E-state index contributed by atoms with van der Waals surface area (Å²) in [7, 11) is 0. The number of benzene rings is 3. The number of amides is 2. The number of hydrogen-bond donors (Lipinski definition) is 1. The normalized spacial score (nSPS) is 11.6. The fraction of sp³-hybridized carbons (Fsp3) is 0.375. The van der Waals surface area contributed by atoms with Crippen molar-refractivity contribution in [3.63, 3.8) is 0 Å². The largest absolute Gasteiger partial charge is 0.354 e. The Morgan fingerprint density at radius 1 is 0.833 bits per heavy atom. The van der Waals surface area contributed by atoms with Crippen LogP contribution in [0.1, 0.15) is 60.9 Å². The van der Waals surface area contributed by atoms with Crippen LogP contribution in [0.25, 0.3) is 0 Å². The van der Waals surface area contributed by atoms with Gasteiger partial charge in [0.25, 0.3) is 0 Å². The lowest BCUT2D eigenvalue weighted by Crippen LogP contribution is -2.50. The van der Waals surface area contributed by atoms with E-state index in [9.17, 15) is 9.59 Å². The second-order valence-corrected chi connectivity index (χ2v) is 9.53. The third-order valence-electron chi connectivity index (χ3n) is 6.59. The van der Waals surface area contributed by atoms with Crippen LogP contribution in [-0.4, -0.2) is 29.3 Å². The fourth-order valence-electron chi connectivity index (χ4n) is 4.40. The van der Waals surface area contributed by atoms with Crippen LogP contribution in [0.2, 0.25) is 0 Å². The molecule has 0 heterocycles. The lowest BCUT2D eigenvalue weighted by Gasteiger charge is -2.32. The molecule has 0 saturated heterocycles. The lowest BCUT2D eigenvalue weighted by atomic mass is 10.0. The van der Waals surface area contributed by atoms with Crippen molar-refractivity contribution in [1.29, 1.82) is 0 Å². The van der Waals surface area contributed by atoms with Crippen LogP contribution in [0.4, 0.5) is 0 Å². The van der Waals surface area contributed by atoms with Gasteiger partial charge in [0.2, 0.25) is 11.8 Å². The molecule has 4 nitrogen and oxygen atoms in total. The minimum Gasteiger partial charge on any atom is -0.354 e. The van der Waals surface area contributed by atoms with E-state index in [1.54, 1.807) is 4.90 Å². The maximum Gasteiger partial charge on any atom is 0.243 e. The Morgan fingerprint density at radius 3 is 2.19 bits per heavy atom. The highest BCUT2D eigenvalue weighted by Crippen LogP contribution is 2.18. The number of aryl methyl sites for hydroxylation is 3. The molecule has 3 aromatic carbocycles. The zero-order valence-electron chi connectivity index (χ0n) is 22.0. The van der Waals surface area contributed by atoms with E-state index in [0.29, 0.717) is 32.4 Å². The molecular weight excluding hydrogens is 444 g/mol. The van der Waals surface area contributed by atoms with Gasteiger partial charge in [-0.15, -0.1) is 0 Å². The predicted octanol–water partition coefficient (Wildman–Crippen LogP) is 6.05. The summed E-state index contributed by atoms with van der Waals surface area (Å²) in [5, 5.41) is 3.09. The second kappa shape index (κ2) is 14.2. The first-order chi connectivity index (χ1) is 17.5. The molecule has 3 rings (SSSR count). The van der Waals surface area contributed by atoms with E-state index in [-0.39, 0.29) is 11.8 Å². The maximum absolute atomic E-state index is 13.7. The Bertz CT molecular complexity index is 1090. The molecule has 190 valence electrons. The molecule has 0 bridgehead atoms. The van der Waals surface area contributed by atoms with E-state index >= 15 is 0 Å². The highest BCUT2D eigenvalue weighted by molar-refractivity contribution is 5.88. The molecule has 1 N–H and O–H groups in total. The van der Waals surface area contributed by atoms with E-state index in [4.69, 9.17) is 0 Å². The van der Waals surface area contributed by atoms with E-state index in [1.807, 2.05) is 42.5 Å². The Hall–Kier alpha value is -3.40. The quantitative estimate of drug-likeness (QED) is 0.300. The molecular formula is C32H40N2O2.